The number of unbranched alkanes of at least 4 members (excludes halogenated alkanes) is 33. The third-order valence-corrected chi connectivity index (χ3v) is 14.7. The highest BCUT2D eigenvalue weighted by Gasteiger charge is 2.19. The normalized spacial score (nSPS) is 12.8. The van der Waals surface area contributed by atoms with Crippen LogP contribution in [-0.2, 0) is 28.6 Å². The van der Waals surface area contributed by atoms with Crippen LogP contribution in [0.1, 0.15) is 329 Å². The molecule has 0 radical (unpaired) electrons. The molecule has 0 amide bonds. The molecule has 0 aromatic rings. The summed E-state index contributed by atoms with van der Waals surface area (Å²) >= 11 is 0. The first-order valence-electron chi connectivity index (χ1n) is 34.4. The number of rotatable bonds is 62. The topological polar surface area (TPSA) is 78.9 Å². The van der Waals surface area contributed by atoms with Crippen molar-refractivity contribution in [1.29, 1.82) is 0 Å². The van der Waals surface area contributed by atoms with E-state index in [1.54, 1.807) is 0 Å². The van der Waals surface area contributed by atoms with Crippen LogP contribution < -0.4 is 0 Å². The molecule has 1 unspecified atom stereocenters. The van der Waals surface area contributed by atoms with E-state index in [0.717, 1.165) is 141 Å². The van der Waals surface area contributed by atoms with Crippen LogP contribution in [0.2, 0.25) is 0 Å². The first kappa shape index (κ1) is 77.1. The van der Waals surface area contributed by atoms with Gasteiger partial charge in [-0.15, -0.1) is 0 Å². The van der Waals surface area contributed by atoms with Gasteiger partial charge in [0.1, 0.15) is 13.2 Å². The van der Waals surface area contributed by atoms with Crippen LogP contribution in [-0.4, -0.2) is 37.2 Å². The minimum Gasteiger partial charge on any atom is -0.462 e. The first-order valence-corrected chi connectivity index (χ1v) is 34.4. The van der Waals surface area contributed by atoms with Gasteiger partial charge in [-0.25, -0.2) is 0 Å². The van der Waals surface area contributed by atoms with Crippen molar-refractivity contribution in [2.24, 2.45) is 0 Å². The smallest absolute Gasteiger partial charge is 0.306 e. The minimum atomic E-state index is -0.793. The first-order chi connectivity index (χ1) is 40.0. The van der Waals surface area contributed by atoms with Gasteiger partial charge in [0.15, 0.2) is 6.10 Å². The standard InChI is InChI=1S/C75H128O6/c1-4-7-10-13-16-19-22-25-27-29-31-33-35-37-39-41-43-45-47-50-53-56-59-62-65-68-74(77)80-71-72(70-79-73(76)67-64-61-58-55-52-49-24-21-18-15-12-9-6-3)81-75(78)69-66-63-60-57-54-51-48-46-44-42-40-38-36-34-32-30-28-26-23-20-17-14-11-8-5-2/h7,10,12,15-16,19,21,24-25,27,30-33,37,39,43,45,72H,4-6,8-9,11,13-14,17-18,20,22-23,26,28-29,34-36,38,40-42,44,46-71H2,1-3H3/b10-7-,15-12-,19-16-,24-21-,27-25-,32-30-,33-31-,39-37-,45-43-. The molecule has 0 saturated heterocycles. The van der Waals surface area contributed by atoms with Crippen molar-refractivity contribution >= 4 is 17.9 Å². The van der Waals surface area contributed by atoms with Crippen LogP contribution in [0.4, 0.5) is 0 Å². The molecule has 0 aromatic carbocycles. The second kappa shape index (κ2) is 68.6. The Labute approximate surface area is 501 Å². The summed E-state index contributed by atoms with van der Waals surface area (Å²) in [4.78, 5) is 38.4. The van der Waals surface area contributed by atoms with Gasteiger partial charge in [-0.05, 0) is 122 Å². The fourth-order valence-electron chi connectivity index (χ4n) is 9.60. The average Bonchev–Trinajstić information content (AvgIpc) is 3.46. The number of esters is 3. The molecule has 0 saturated carbocycles. The van der Waals surface area contributed by atoms with Gasteiger partial charge >= 0.3 is 17.9 Å². The molecule has 6 nitrogen and oxygen atoms in total. The van der Waals surface area contributed by atoms with Gasteiger partial charge < -0.3 is 14.2 Å². The van der Waals surface area contributed by atoms with E-state index >= 15 is 0 Å². The number of ether oxygens (including phenoxy) is 3. The summed E-state index contributed by atoms with van der Waals surface area (Å²) in [7, 11) is 0. The quantitative estimate of drug-likeness (QED) is 0.0261. The number of hydrogen-bond donors (Lipinski definition) is 0. The molecule has 464 valence electrons. The lowest BCUT2D eigenvalue weighted by Gasteiger charge is -2.18. The van der Waals surface area contributed by atoms with Crippen LogP contribution in [0.5, 0.6) is 0 Å². The Morgan fingerprint density at radius 2 is 0.506 bits per heavy atom. The SMILES string of the molecule is CC/C=C\C/C=C\C/C=C\C/C=C\C/C=C\C/C=C\CCCCCCCCC(=O)OCC(COC(=O)CCCCCCC/C=C\C/C=C\CCC)OC(=O)CCCCCCCCCCCCCCC/C=C\CCCCCCCCCC. The fourth-order valence-corrected chi connectivity index (χ4v) is 9.60. The molecular formula is C75H128O6. The largest absolute Gasteiger partial charge is 0.462 e. The lowest BCUT2D eigenvalue weighted by atomic mass is 10.0. The van der Waals surface area contributed by atoms with Gasteiger partial charge in [0, 0.05) is 19.3 Å². The highest BCUT2D eigenvalue weighted by Crippen LogP contribution is 2.17. The molecule has 0 fully saturated rings. The molecule has 0 aliphatic heterocycles. The van der Waals surface area contributed by atoms with Gasteiger partial charge in [0.25, 0.3) is 0 Å². The molecule has 0 N–H and O–H groups in total. The van der Waals surface area contributed by atoms with Gasteiger partial charge in [0.2, 0.25) is 0 Å². The summed E-state index contributed by atoms with van der Waals surface area (Å²) in [6.07, 6.45) is 93.9. The van der Waals surface area contributed by atoms with E-state index in [-0.39, 0.29) is 31.1 Å². The van der Waals surface area contributed by atoms with E-state index in [1.807, 2.05) is 0 Å². The summed E-state index contributed by atoms with van der Waals surface area (Å²) in [5, 5.41) is 0. The van der Waals surface area contributed by atoms with E-state index in [0.29, 0.717) is 19.3 Å². The monoisotopic (exact) mass is 1120 g/mol. The summed E-state index contributed by atoms with van der Waals surface area (Å²) in [5.41, 5.74) is 0. The maximum absolute atomic E-state index is 13.0. The Kier molecular flexibility index (Phi) is 65.2. The van der Waals surface area contributed by atoms with Crippen molar-refractivity contribution in [1.82, 2.24) is 0 Å². The molecule has 0 spiro atoms. The maximum atomic E-state index is 13.0. The van der Waals surface area contributed by atoms with Crippen molar-refractivity contribution in [2.75, 3.05) is 13.2 Å². The Balaban J connectivity index is 4.34. The lowest BCUT2D eigenvalue weighted by molar-refractivity contribution is -0.167. The second-order valence-corrected chi connectivity index (χ2v) is 22.7. The molecule has 1 atom stereocenters. The van der Waals surface area contributed by atoms with E-state index < -0.39 is 6.10 Å². The van der Waals surface area contributed by atoms with E-state index in [4.69, 9.17) is 14.2 Å². The summed E-state index contributed by atoms with van der Waals surface area (Å²) in [6.45, 7) is 6.47. The van der Waals surface area contributed by atoms with E-state index in [9.17, 15) is 14.4 Å². The van der Waals surface area contributed by atoms with Gasteiger partial charge in [-0.3, -0.25) is 14.4 Å². The molecule has 0 aliphatic rings. The molecule has 0 aliphatic carbocycles. The predicted molar refractivity (Wildman–Crippen MR) is 353 cm³/mol. The van der Waals surface area contributed by atoms with Gasteiger partial charge in [0.05, 0.1) is 0 Å². The Morgan fingerprint density at radius 1 is 0.259 bits per heavy atom. The van der Waals surface area contributed by atoms with Crippen LogP contribution >= 0.6 is 0 Å². The molecule has 0 rings (SSSR count). The van der Waals surface area contributed by atoms with Crippen LogP contribution in [0.25, 0.3) is 0 Å². The second-order valence-electron chi connectivity index (χ2n) is 22.7. The van der Waals surface area contributed by atoms with Crippen molar-refractivity contribution in [3.05, 3.63) is 109 Å². The maximum Gasteiger partial charge on any atom is 0.306 e. The lowest BCUT2D eigenvalue weighted by Crippen LogP contribution is -2.30. The van der Waals surface area contributed by atoms with Crippen molar-refractivity contribution in [2.45, 2.75) is 335 Å². The van der Waals surface area contributed by atoms with Crippen molar-refractivity contribution in [3.63, 3.8) is 0 Å². The number of hydrogen-bond acceptors (Lipinski definition) is 6. The number of allylic oxidation sites excluding steroid dienone is 18. The molecule has 81 heavy (non-hydrogen) atoms. The van der Waals surface area contributed by atoms with Crippen LogP contribution in [0.15, 0.2) is 109 Å². The van der Waals surface area contributed by atoms with Crippen LogP contribution in [0.3, 0.4) is 0 Å². The number of carbonyl (C=O) groups is 3. The average molecular weight is 1130 g/mol. The highest BCUT2D eigenvalue weighted by atomic mass is 16.6. The molecule has 6 heteroatoms. The van der Waals surface area contributed by atoms with Gasteiger partial charge in [-0.2, -0.15) is 0 Å². The Morgan fingerprint density at radius 3 is 0.815 bits per heavy atom. The zero-order valence-corrected chi connectivity index (χ0v) is 53.3. The molecular weight excluding hydrogens is 997 g/mol. The summed E-state index contributed by atoms with van der Waals surface area (Å²) < 4.78 is 16.9. The summed E-state index contributed by atoms with van der Waals surface area (Å²) in [6, 6.07) is 0. The van der Waals surface area contributed by atoms with Crippen molar-refractivity contribution < 1.29 is 28.6 Å². The zero-order valence-electron chi connectivity index (χ0n) is 53.3. The molecule has 0 bridgehead atoms. The van der Waals surface area contributed by atoms with Crippen LogP contribution in [0, 0.1) is 0 Å². The zero-order chi connectivity index (χ0) is 58.5. The molecule has 0 aromatic heterocycles. The molecule has 0 heterocycles. The predicted octanol–water partition coefficient (Wildman–Crippen LogP) is 23.8. The Hall–Kier alpha value is -3.93. The fraction of sp³-hybridized carbons (Fsp3) is 0.720. The summed E-state index contributed by atoms with van der Waals surface area (Å²) in [5.74, 6) is -0.907. The number of carbonyl (C=O) groups excluding carboxylic acids is 3. The van der Waals surface area contributed by atoms with E-state index in [1.165, 1.54) is 148 Å². The van der Waals surface area contributed by atoms with Crippen molar-refractivity contribution in [3.8, 4) is 0 Å². The van der Waals surface area contributed by atoms with Gasteiger partial charge in [-0.1, -0.05) is 297 Å². The highest BCUT2D eigenvalue weighted by molar-refractivity contribution is 5.71. The third kappa shape index (κ3) is 66.8. The minimum absolute atomic E-state index is 0.0898. The third-order valence-electron chi connectivity index (χ3n) is 14.7. The van der Waals surface area contributed by atoms with E-state index in [2.05, 4.69) is 130 Å². The Bertz CT molecular complexity index is 1620.